The fourth-order valence-corrected chi connectivity index (χ4v) is 1.82. The fraction of sp³-hybridized carbons (Fsp3) is 0.400. The fourth-order valence-electron chi connectivity index (χ4n) is 1.24. The van der Waals surface area contributed by atoms with E-state index in [0.29, 0.717) is 6.42 Å². The molecule has 18 heavy (non-hydrogen) atoms. The van der Waals surface area contributed by atoms with Crippen LogP contribution in [0.25, 0.3) is 0 Å². The van der Waals surface area contributed by atoms with Crippen molar-refractivity contribution in [1.29, 1.82) is 0 Å². The second kappa shape index (κ2) is 5.57. The van der Waals surface area contributed by atoms with Gasteiger partial charge >= 0.3 is 15.5 Å². The largest absolute Gasteiger partial charge is 0.511 e. The summed E-state index contributed by atoms with van der Waals surface area (Å²) in [5.41, 5.74) is -4.47. The Morgan fingerprint density at radius 1 is 1.17 bits per heavy atom. The number of alkyl halides is 3. The van der Waals surface area contributed by atoms with Gasteiger partial charge in [-0.15, -0.1) is 0 Å². The van der Waals surface area contributed by atoms with Crippen LogP contribution in [0.3, 0.4) is 0 Å². The number of phenols is 1. The molecule has 0 spiro atoms. The molecule has 0 aliphatic carbocycles. The van der Waals surface area contributed by atoms with Crippen LogP contribution < -0.4 is 4.72 Å². The van der Waals surface area contributed by atoms with Gasteiger partial charge in [0.15, 0.2) is 0 Å². The maximum absolute atomic E-state index is 11.9. The summed E-state index contributed by atoms with van der Waals surface area (Å²) in [4.78, 5) is 0. The number of benzene rings is 1. The molecule has 0 aromatic heterocycles. The minimum Gasteiger partial charge on any atom is -0.508 e. The summed E-state index contributed by atoms with van der Waals surface area (Å²) in [6.45, 7) is -0.289. The lowest BCUT2D eigenvalue weighted by molar-refractivity contribution is -0.0447. The first-order valence-corrected chi connectivity index (χ1v) is 6.54. The number of aromatic hydroxyl groups is 1. The third-order valence-electron chi connectivity index (χ3n) is 2.18. The molecule has 0 heterocycles. The number of nitrogens with one attached hydrogen (secondary N) is 1. The van der Waals surface area contributed by atoms with Gasteiger partial charge in [-0.2, -0.15) is 13.2 Å². The van der Waals surface area contributed by atoms with Gasteiger partial charge in [0.25, 0.3) is 0 Å². The molecule has 8 heteroatoms. The van der Waals surface area contributed by atoms with Gasteiger partial charge in [-0.05, 0) is 30.5 Å². The minimum atomic E-state index is -5.27. The lowest BCUT2D eigenvalue weighted by Crippen LogP contribution is -2.37. The number of halogens is 3. The highest BCUT2D eigenvalue weighted by Gasteiger charge is 2.45. The van der Waals surface area contributed by atoms with Crippen LogP contribution >= 0.6 is 0 Å². The highest BCUT2D eigenvalue weighted by molar-refractivity contribution is 7.90. The van der Waals surface area contributed by atoms with Crippen LogP contribution in [-0.4, -0.2) is 25.6 Å². The monoisotopic (exact) mass is 283 g/mol. The molecular weight excluding hydrogens is 271 g/mol. The number of rotatable bonds is 5. The van der Waals surface area contributed by atoms with E-state index in [2.05, 4.69) is 0 Å². The molecule has 0 saturated heterocycles. The zero-order valence-corrected chi connectivity index (χ0v) is 10.1. The van der Waals surface area contributed by atoms with Gasteiger partial charge in [-0.1, -0.05) is 12.1 Å². The summed E-state index contributed by atoms with van der Waals surface area (Å²) in [5, 5.41) is 9.01. The number of phenolic OH excluding ortho intramolecular Hbond substituents is 1. The van der Waals surface area contributed by atoms with Crippen LogP contribution in [0.2, 0.25) is 0 Å². The first-order chi connectivity index (χ1) is 8.22. The average molecular weight is 283 g/mol. The van der Waals surface area contributed by atoms with E-state index in [1.54, 1.807) is 12.1 Å². The Labute approximate surface area is 102 Å². The van der Waals surface area contributed by atoms with E-state index < -0.39 is 15.5 Å². The maximum Gasteiger partial charge on any atom is 0.511 e. The number of hydrogen-bond donors (Lipinski definition) is 2. The van der Waals surface area contributed by atoms with Crippen molar-refractivity contribution in [2.75, 3.05) is 6.54 Å². The zero-order chi connectivity index (χ0) is 13.8. The predicted molar refractivity (Wildman–Crippen MR) is 59.4 cm³/mol. The number of aryl methyl sites for hydroxylation is 1. The van der Waals surface area contributed by atoms with Crippen LogP contribution in [0.4, 0.5) is 13.2 Å². The van der Waals surface area contributed by atoms with E-state index in [1.165, 1.54) is 16.9 Å². The van der Waals surface area contributed by atoms with E-state index in [1.807, 2.05) is 0 Å². The van der Waals surface area contributed by atoms with Crippen LogP contribution in [0, 0.1) is 0 Å². The van der Waals surface area contributed by atoms with Crippen molar-refractivity contribution in [1.82, 2.24) is 4.72 Å². The number of hydrogen-bond acceptors (Lipinski definition) is 3. The number of sulfonamides is 1. The van der Waals surface area contributed by atoms with Crippen LogP contribution in [0.5, 0.6) is 5.75 Å². The lowest BCUT2D eigenvalue weighted by Gasteiger charge is -2.09. The third kappa shape index (κ3) is 4.19. The van der Waals surface area contributed by atoms with Crippen molar-refractivity contribution in [3.8, 4) is 5.75 Å². The molecule has 1 aromatic rings. The molecule has 2 N–H and O–H groups in total. The highest BCUT2D eigenvalue weighted by atomic mass is 32.2. The lowest BCUT2D eigenvalue weighted by atomic mass is 10.1. The van der Waals surface area contributed by atoms with Crippen molar-refractivity contribution in [3.63, 3.8) is 0 Å². The maximum atomic E-state index is 11.9. The van der Waals surface area contributed by atoms with E-state index in [4.69, 9.17) is 5.11 Å². The quantitative estimate of drug-likeness (QED) is 0.809. The Balaban J connectivity index is 2.38. The Kier molecular flexibility index (Phi) is 4.58. The Bertz CT molecular complexity index is 482. The summed E-state index contributed by atoms with van der Waals surface area (Å²) < 4.78 is 58.6. The second-order valence-electron chi connectivity index (χ2n) is 3.61. The zero-order valence-electron chi connectivity index (χ0n) is 9.24. The van der Waals surface area contributed by atoms with Gasteiger partial charge in [0.1, 0.15) is 5.75 Å². The van der Waals surface area contributed by atoms with Crippen molar-refractivity contribution >= 4 is 10.0 Å². The standard InChI is InChI=1S/C10H12F3NO3S/c11-10(12,13)18(16,17)14-7-1-2-8-3-5-9(15)6-4-8/h3-6,14-15H,1-2,7H2. The Morgan fingerprint density at radius 3 is 2.22 bits per heavy atom. The Morgan fingerprint density at radius 2 is 1.72 bits per heavy atom. The Hall–Kier alpha value is -1.28. The van der Waals surface area contributed by atoms with Gasteiger partial charge in [0.05, 0.1) is 0 Å². The first kappa shape index (κ1) is 14.8. The smallest absolute Gasteiger partial charge is 0.508 e. The van der Waals surface area contributed by atoms with Gasteiger partial charge in [-0.25, -0.2) is 13.1 Å². The second-order valence-corrected chi connectivity index (χ2v) is 5.37. The normalized spacial score (nSPS) is 12.6. The minimum absolute atomic E-state index is 0.0940. The average Bonchev–Trinajstić information content (AvgIpc) is 2.25. The molecule has 1 aromatic carbocycles. The van der Waals surface area contributed by atoms with Crippen LogP contribution in [-0.2, 0) is 16.4 Å². The molecule has 0 radical (unpaired) electrons. The van der Waals surface area contributed by atoms with Gasteiger partial charge in [0.2, 0.25) is 0 Å². The highest BCUT2D eigenvalue weighted by Crippen LogP contribution is 2.21. The molecule has 4 nitrogen and oxygen atoms in total. The molecule has 0 aliphatic heterocycles. The molecule has 0 bridgehead atoms. The van der Waals surface area contributed by atoms with E-state index in [9.17, 15) is 21.6 Å². The van der Waals surface area contributed by atoms with E-state index in [-0.39, 0.29) is 18.7 Å². The summed E-state index contributed by atoms with van der Waals surface area (Å²) in [5.74, 6) is 0.0940. The molecule has 0 fully saturated rings. The molecule has 0 atom stereocenters. The molecule has 0 aliphatic rings. The van der Waals surface area contributed by atoms with Gasteiger partial charge in [-0.3, -0.25) is 0 Å². The van der Waals surface area contributed by atoms with Crippen molar-refractivity contribution in [3.05, 3.63) is 29.8 Å². The predicted octanol–water partition coefficient (Wildman–Crippen LogP) is 1.76. The summed E-state index contributed by atoms with van der Waals surface area (Å²) in [6, 6.07) is 6.14. The summed E-state index contributed by atoms with van der Waals surface area (Å²) in [7, 11) is -5.25. The molecule has 0 unspecified atom stereocenters. The SMILES string of the molecule is O=S(=O)(NCCCc1ccc(O)cc1)C(F)(F)F. The van der Waals surface area contributed by atoms with E-state index in [0.717, 1.165) is 5.56 Å². The van der Waals surface area contributed by atoms with Crippen LogP contribution in [0.1, 0.15) is 12.0 Å². The van der Waals surface area contributed by atoms with Gasteiger partial charge < -0.3 is 5.11 Å². The van der Waals surface area contributed by atoms with Crippen LogP contribution in [0.15, 0.2) is 24.3 Å². The summed E-state index contributed by atoms with van der Waals surface area (Å²) in [6.07, 6.45) is 0.654. The molecule has 0 amide bonds. The molecule has 1 rings (SSSR count). The topological polar surface area (TPSA) is 66.4 Å². The molecule has 102 valence electrons. The van der Waals surface area contributed by atoms with Crippen molar-refractivity contribution in [2.45, 2.75) is 18.3 Å². The summed E-state index contributed by atoms with van der Waals surface area (Å²) >= 11 is 0. The third-order valence-corrected chi connectivity index (χ3v) is 3.37. The van der Waals surface area contributed by atoms with Crippen molar-refractivity contribution in [2.24, 2.45) is 0 Å². The first-order valence-electron chi connectivity index (χ1n) is 5.06. The van der Waals surface area contributed by atoms with Crippen molar-refractivity contribution < 1.29 is 26.7 Å². The van der Waals surface area contributed by atoms with Gasteiger partial charge in [0, 0.05) is 6.54 Å². The molecular formula is C10H12F3NO3S. The molecule has 0 saturated carbocycles. The van der Waals surface area contributed by atoms with E-state index >= 15 is 0 Å².